The number of para-hydroxylation sites is 5. The van der Waals surface area contributed by atoms with Gasteiger partial charge in [-0.3, -0.25) is 9.97 Å². The first-order chi connectivity index (χ1) is 64.5. The van der Waals surface area contributed by atoms with Gasteiger partial charge in [0.05, 0.1) is 33.5 Å². The van der Waals surface area contributed by atoms with Crippen molar-refractivity contribution in [1.29, 1.82) is 0 Å². The largest absolute Gasteiger partial charge is 0.455 e. The summed E-state index contributed by atoms with van der Waals surface area (Å²) in [4.78, 5) is 41.9. The quantitative estimate of drug-likeness (QED) is 0.0974. The van der Waals surface area contributed by atoms with E-state index >= 15 is 0 Å². The standard InChI is InChI=1S/C62H39N5O.C56H35N5O/c1-6-19-40(20-7-1)44-35-45(41-21-8-2-9-22-41)37-46(36-44)47-38-53(62-65-60(42-23-10-3-11-24-42)64-61(66-62)43-25-12-4-13-26-43)57(63-39-47)51-30-18-32-55-56(51)52-34-33-50-49-29-16-17-31-54(49)67(58(50)59(52)68-55)48-27-14-5-15-28-48;1-5-17-36(18-6-1)39-23-15-24-40(33-39)41-34-46(56-59-54(37-19-7-2-8-20-37)58-55(60-56)38-21-9-3-10-22-38)52(57-35-41)45-29-16-28-44-51-49(62-53(44)45)32-31-48-50(51)43-27-13-14-30-47(43)61(48)42-25-11-4-12-26-42/h1-39H;1-35H. The number of nitrogens with zero attached hydrogens (tertiary/aromatic N) is 10. The topological polar surface area (TPSA) is 139 Å². The average molecular weight is 1660 g/mol. The van der Waals surface area contributed by atoms with Crippen LogP contribution in [0, 0.1) is 0 Å². The Morgan fingerprint density at radius 1 is 0.185 bits per heavy atom. The molecule has 8 heterocycles. The van der Waals surface area contributed by atoms with Crippen LogP contribution in [0.2, 0.25) is 0 Å². The van der Waals surface area contributed by atoms with E-state index in [0.717, 1.165) is 199 Å². The smallest absolute Gasteiger partial charge is 0.166 e. The van der Waals surface area contributed by atoms with Crippen molar-refractivity contribution >= 4 is 87.5 Å². The summed E-state index contributed by atoms with van der Waals surface area (Å²) in [6.07, 6.45) is 3.94. The normalized spacial score (nSPS) is 11.5. The Balaban J connectivity index is 0.000000145. The average Bonchev–Trinajstić information content (AvgIpc) is 1.55. The second-order valence-corrected chi connectivity index (χ2v) is 32.4. The van der Waals surface area contributed by atoms with Crippen LogP contribution in [-0.2, 0) is 0 Å². The third kappa shape index (κ3) is 13.7. The molecule has 608 valence electrons. The Kier molecular flexibility index (Phi) is 18.9. The minimum atomic E-state index is 0.515. The summed E-state index contributed by atoms with van der Waals surface area (Å²) in [6.45, 7) is 0. The van der Waals surface area contributed by atoms with Crippen LogP contribution in [0.15, 0.2) is 458 Å². The summed E-state index contributed by atoms with van der Waals surface area (Å²) in [6, 6.07) is 151. The molecule has 0 amide bonds. The molecule has 0 unspecified atom stereocenters. The molecule has 0 radical (unpaired) electrons. The number of fused-ring (bicyclic) bond motifs is 14. The number of hydrogen-bond acceptors (Lipinski definition) is 10. The van der Waals surface area contributed by atoms with E-state index in [1.807, 2.05) is 140 Å². The minimum absolute atomic E-state index is 0.515. The Labute approximate surface area is 747 Å². The highest BCUT2D eigenvalue weighted by Gasteiger charge is 2.28. The van der Waals surface area contributed by atoms with Crippen molar-refractivity contribution < 1.29 is 8.83 Å². The number of benzene rings is 17. The zero-order valence-electron chi connectivity index (χ0n) is 70.0. The van der Waals surface area contributed by atoms with Gasteiger partial charge in [0.25, 0.3) is 0 Å². The van der Waals surface area contributed by atoms with Gasteiger partial charge in [-0.05, 0) is 148 Å². The van der Waals surface area contributed by atoms with Crippen LogP contribution < -0.4 is 0 Å². The maximum Gasteiger partial charge on any atom is 0.166 e. The monoisotopic (exact) mass is 1660 g/mol. The first-order valence-electron chi connectivity index (χ1n) is 43.5. The molecule has 0 N–H and O–H groups in total. The maximum absolute atomic E-state index is 7.03. The van der Waals surface area contributed by atoms with Crippen molar-refractivity contribution in [3.8, 4) is 158 Å². The van der Waals surface area contributed by atoms with Gasteiger partial charge >= 0.3 is 0 Å². The molecule has 0 fully saturated rings. The van der Waals surface area contributed by atoms with Crippen LogP contribution in [0.4, 0.5) is 0 Å². The zero-order valence-corrected chi connectivity index (χ0v) is 70.0. The minimum Gasteiger partial charge on any atom is -0.455 e. The Hall–Kier alpha value is -17.7. The maximum atomic E-state index is 7.03. The molecule has 0 spiro atoms. The summed E-state index contributed by atoms with van der Waals surface area (Å²) < 4.78 is 18.7. The molecule has 0 atom stereocenters. The molecule has 0 saturated carbocycles. The van der Waals surface area contributed by atoms with Crippen LogP contribution in [0.25, 0.3) is 245 Å². The first-order valence-corrected chi connectivity index (χ1v) is 43.5. The molecule has 0 bridgehead atoms. The molecular formula is C118H74N10O2. The van der Waals surface area contributed by atoms with Crippen LogP contribution in [0.5, 0.6) is 0 Å². The molecule has 0 aliphatic heterocycles. The van der Waals surface area contributed by atoms with Crippen molar-refractivity contribution in [3.63, 3.8) is 0 Å². The summed E-state index contributed by atoms with van der Waals surface area (Å²) in [5, 5.41) is 8.65. The van der Waals surface area contributed by atoms with E-state index in [2.05, 4.69) is 319 Å². The van der Waals surface area contributed by atoms with E-state index in [9.17, 15) is 0 Å². The van der Waals surface area contributed by atoms with Gasteiger partial charge in [0, 0.05) is 122 Å². The highest BCUT2D eigenvalue weighted by molar-refractivity contribution is 6.29. The molecule has 17 aromatic carbocycles. The Bertz CT molecular complexity index is 8450. The van der Waals surface area contributed by atoms with Gasteiger partial charge in [0.2, 0.25) is 0 Å². The lowest BCUT2D eigenvalue weighted by Crippen LogP contribution is -2.02. The van der Waals surface area contributed by atoms with Gasteiger partial charge in [0.1, 0.15) is 16.7 Å². The number of hydrogen-bond donors (Lipinski definition) is 0. The number of rotatable bonds is 15. The first kappa shape index (κ1) is 76.0. The fourth-order valence-corrected chi connectivity index (χ4v) is 18.5. The Morgan fingerprint density at radius 2 is 0.531 bits per heavy atom. The van der Waals surface area contributed by atoms with Crippen molar-refractivity contribution in [2.45, 2.75) is 0 Å². The van der Waals surface area contributed by atoms with Crippen molar-refractivity contribution in [2.75, 3.05) is 0 Å². The van der Waals surface area contributed by atoms with E-state index in [0.29, 0.717) is 40.6 Å². The van der Waals surface area contributed by atoms with E-state index in [4.69, 9.17) is 48.7 Å². The predicted molar refractivity (Wildman–Crippen MR) is 529 cm³/mol. The number of aromatic nitrogens is 10. The van der Waals surface area contributed by atoms with Gasteiger partial charge in [-0.15, -0.1) is 0 Å². The third-order valence-corrected chi connectivity index (χ3v) is 24.6. The molecule has 25 rings (SSSR count). The highest BCUT2D eigenvalue weighted by Crippen LogP contribution is 2.49. The van der Waals surface area contributed by atoms with E-state index in [-0.39, 0.29) is 0 Å². The summed E-state index contributed by atoms with van der Waals surface area (Å²) >= 11 is 0. The van der Waals surface area contributed by atoms with Crippen molar-refractivity contribution in [3.05, 3.63) is 449 Å². The molecule has 0 aliphatic rings. The molecule has 130 heavy (non-hydrogen) atoms. The fraction of sp³-hybridized carbons (Fsp3) is 0. The SMILES string of the molecule is c1ccc(-c2cc(-c3ccccc3)cc(-c3cnc(-c4cccc5oc6c(ccc7c8ccccc8n(-c8ccccc8)c76)c45)c(-c4nc(-c5ccccc5)nc(-c5ccccc5)n4)c3)c2)cc1.c1ccc(-c2cccc(-c3cnc(-c4cccc5c4oc4ccc6c(c7ccccc7n6-c6ccccc6)c45)c(-c4nc(-c5ccccc5)nc(-c5ccccc5)n4)c3)c2)cc1. The van der Waals surface area contributed by atoms with Gasteiger partial charge in [0.15, 0.2) is 40.5 Å². The molecule has 25 aromatic rings. The van der Waals surface area contributed by atoms with Gasteiger partial charge in [-0.2, -0.15) is 0 Å². The number of furan rings is 2. The third-order valence-electron chi connectivity index (χ3n) is 24.6. The lowest BCUT2D eigenvalue weighted by molar-refractivity contribution is 0.670. The number of pyridine rings is 2. The van der Waals surface area contributed by atoms with E-state index in [1.165, 1.54) is 5.39 Å². The summed E-state index contributed by atoms with van der Waals surface area (Å²) in [7, 11) is 0. The second kappa shape index (κ2) is 32.4. The predicted octanol–water partition coefficient (Wildman–Crippen LogP) is 30.2. The lowest BCUT2D eigenvalue weighted by Gasteiger charge is -2.15. The van der Waals surface area contributed by atoms with Crippen LogP contribution >= 0.6 is 0 Å². The van der Waals surface area contributed by atoms with Crippen LogP contribution in [-0.4, -0.2) is 49.0 Å². The molecule has 8 aromatic heterocycles. The molecule has 12 nitrogen and oxygen atoms in total. The molecule has 0 aliphatic carbocycles. The second-order valence-electron chi connectivity index (χ2n) is 32.4. The van der Waals surface area contributed by atoms with Crippen LogP contribution in [0.3, 0.4) is 0 Å². The summed E-state index contributed by atoms with van der Waals surface area (Å²) in [5.74, 6) is 3.34. The summed E-state index contributed by atoms with van der Waals surface area (Å²) in [5.41, 5.74) is 28.7. The van der Waals surface area contributed by atoms with Crippen LogP contribution in [0.1, 0.15) is 0 Å². The molecule has 12 heteroatoms. The van der Waals surface area contributed by atoms with Crippen molar-refractivity contribution in [1.82, 2.24) is 49.0 Å². The lowest BCUT2D eigenvalue weighted by atomic mass is 9.92. The van der Waals surface area contributed by atoms with Gasteiger partial charge in [-0.1, -0.05) is 334 Å². The van der Waals surface area contributed by atoms with E-state index < -0.39 is 0 Å². The van der Waals surface area contributed by atoms with E-state index in [1.54, 1.807) is 0 Å². The highest BCUT2D eigenvalue weighted by atomic mass is 16.3. The Morgan fingerprint density at radius 3 is 1.05 bits per heavy atom. The van der Waals surface area contributed by atoms with Gasteiger partial charge in [-0.25, -0.2) is 29.9 Å². The fourth-order valence-electron chi connectivity index (χ4n) is 18.5. The van der Waals surface area contributed by atoms with Gasteiger partial charge < -0.3 is 18.0 Å². The zero-order chi connectivity index (χ0) is 86.0. The van der Waals surface area contributed by atoms with Crippen molar-refractivity contribution in [2.24, 2.45) is 0 Å². The molecular weight excluding hydrogens is 1590 g/mol. The molecule has 0 saturated heterocycles.